The molecule has 0 radical (unpaired) electrons. The summed E-state index contributed by atoms with van der Waals surface area (Å²) in [5.41, 5.74) is 0. The van der Waals surface area contributed by atoms with Crippen molar-refractivity contribution in [1.29, 1.82) is 0 Å². The van der Waals surface area contributed by atoms with Crippen molar-refractivity contribution in [3.05, 3.63) is 48.4 Å². The number of hydrogen-bond donors (Lipinski definition) is 0. The third kappa shape index (κ3) is 2.46. The highest BCUT2D eigenvalue weighted by Crippen LogP contribution is 2.18. The van der Waals surface area contributed by atoms with Crippen LogP contribution in [0.25, 0.3) is 0 Å². The van der Waals surface area contributed by atoms with Gasteiger partial charge in [-0.1, -0.05) is 18.2 Å². The Balaban J connectivity index is 2.25. The topological polar surface area (TPSA) is 35.0 Å². The molecule has 0 aliphatic rings. The summed E-state index contributed by atoms with van der Waals surface area (Å²) in [6, 6.07) is 9.49. The van der Waals surface area contributed by atoms with Gasteiger partial charge in [-0.3, -0.25) is 0 Å². The normalized spacial score (nSPS) is 10.0. The fourth-order valence-corrected chi connectivity index (χ4v) is 1.03. The minimum Gasteiger partial charge on any atom is -0.439 e. The second-order valence-electron chi connectivity index (χ2n) is 2.71. The third-order valence-electron chi connectivity index (χ3n) is 1.61. The second kappa shape index (κ2) is 4.00. The van der Waals surface area contributed by atoms with Crippen LogP contribution < -0.4 is 4.74 Å². The van der Waals surface area contributed by atoms with Crippen LogP contribution in [0.2, 0.25) is 0 Å². The zero-order valence-electron chi connectivity index (χ0n) is 7.52. The second-order valence-corrected chi connectivity index (χ2v) is 2.71. The molecular formula is C10H6F2N2O. The van der Waals surface area contributed by atoms with Crippen LogP contribution in [0.15, 0.2) is 36.4 Å². The number of para-hydroxylation sites is 1. The Morgan fingerprint density at radius 3 is 2.40 bits per heavy atom. The molecule has 0 spiro atoms. The van der Waals surface area contributed by atoms with E-state index in [4.69, 9.17) is 4.74 Å². The lowest BCUT2D eigenvalue weighted by atomic mass is 10.3. The average molecular weight is 208 g/mol. The fraction of sp³-hybridized carbons (Fsp3) is 0. The van der Waals surface area contributed by atoms with Crippen molar-refractivity contribution >= 4 is 0 Å². The minimum absolute atomic E-state index is 0.161. The number of hydrogen-bond acceptors (Lipinski definition) is 3. The van der Waals surface area contributed by atoms with Crippen LogP contribution in [-0.4, -0.2) is 9.97 Å². The van der Waals surface area contributed by atoms with E-state index < -0.39 is 12.0 Å². The molecule has 0 atom stereocenters. The lowest BCUT2D eigenvalue weighted by molar-refractivity contribution is 0.413. The van der Waals surface area contributed by atoms with E-state index in [0.29, 0.717) is 5.75 Å². The summed E-state index contributed by atoms with van der Waals surface area (Å²) in [7, 11) is 0. The van der Waals surface area contributed by atoms with Crippen LogP contribution in [-0.2, 0) is 0 Å². The Kier molecular flexibility index (Phi) is 2.53. The van der Waals surface area contributed by atoms with Crippen LogP contribution in [0.4, 0.5) is 8.78 Å². The number of aromatic nitrogens is 2. The van der Waals surface area contributed by atoms with Gasteiger partial charge in [0.05, 0.1) is 6.07 Å². The summed E-state index contributed by atoms with van der Waals surface area (Å²) in [6.07, 6.45) is -1.15. The van der Waals surface area contributed by atoms with Crippen LogP contribution in [0.1, 0.15) is 0 Å². The maximum absolute atomic E-state index is 12.7. The fourth-order valence-electron chi connectivity index (χ4n) is 1.03. The van der Waals surface area contributed by atoms with Gasteiger partial charge in [0, 0.05) is 0 Å². The number of benzene rings is 1. The van der Waals surface area contributed by atoms with Gasteiger partial charge in [-0.15, -0.1) is 0 Å². The van der Waals surface area contributed by atoms with Crippen LogP contribution in [0.3, 0.4) is 0 Å². The Hall–Kier alpha value is -2.04. The van der Waals surface area contributed by atoms with E-state index in [1.54, 1.807) is 30.3 Å². The Labute approximate surface area is 84.4 Å². The lowest BCUT2D eigenvalue weighted by Gasteiger charge is -2.03. The minimum atomic E-state index is -1.15. The molecule has 1 aromatic heterocycles. The molecule has 0 saturated carbocycles. The average Bonchev–Trinajstić information content (AvgIpc) is 2.17. The molecule has 2 rings (SSSR count). The van der Waals surface area contributed by atoms with Crippen molar-refractivity contribution < 1.29 is 13.5 Å². The van der Waals surface area contributed by atoms with E-state index in [1.165, 1.54) is 0 Å². The standard InChI is InChI=1S/C10H6F2N2O/c11-8-6-9(14-10(12)13-8)15-7-4-2-1-3-5-7/h1-6H. The van der Waals surface area contributed by atoms with Crippen molar-refractivity contribution in [3.63, 3.8) is 0 Å². The van der Waals surface area contributed by atoms with Crippen LogP contribution in [0.5, 0.6) is 11.6 Å². The van der Waals surface area contributed by atoms with Crippen molar-refractivity contribution in [3.8, 4) is 11.6 Å². The Morgan fingerprint density at radius 2 is 1.73 bits per heavy atom. The summed E-state index contributed by atoms with van der Waals surface area (Å²) in [4.78, 5) is 6.14. The number of ether oxygens (including phenoxy) is 1. The molecule has 0 N–H and O–H groups in total. The van der Waals surface area contributed by atoms with E-state index >= 15 is 0 Å². The molecule has 5 heteroatoms. The summed E-state index contributed by atoms with van der Waals surface area (Å²) in [6.45, 7) is 0. The SMILES string of the molecule is Fc1cc(Oc2ccccc2)nc(F)n1. The first-order valence-corrected chi connectivity index (χ1v) is 4.17. The predicted molar refractivity (Wildman–Crippen MR) is 48.5 cm³/mol. The molecule has 3 nitrogen and oxygen atoms in total. The molecule has 1 aromatic carbocycles. The van der Waals surface area contributed by atoms with Gasteiger partial charge >= 0.3 is 6.08 Å². The summed E-state index contributed by atoms with van der Waals surface area (Å²) >= 11 is 0. The summed E-state index contributed by atoms with van der Waals surface area (Å²) < 4.78 is 30.4. The summed E-state index contributed by atoms with van der Waals surface area (Å²) in [5, 5.41) is 0. The van der Waals surface area contributed by atoms with Crippen molar-refractivity contribution in [1.82, 2.24) is 9.97 Å². The summed E-state index contributed by atoms with van der Waals surface area (Å²) in [5.74, 6) is -0.672. The van der Waals surface area contributed by atoms with Gasteiger partial charge in [0.2, 0.25) is 11.8 Å². The van der Waals surface area contributed by atoms with Gasteiger partial charge in [0.15, 0.2) is 0 Å². The first kappa shape index (κ1) is 9.51. The molecule has 76 valence electrons. The zero-order valence-corrected chi connectivity index (χ0v) is 7.52. The molecule has 0 amide bonds. The molecule has 0 bridgehead atoms. The van der Waals surface area contributed by atoms with Gasteiger partial charge < -0.3 is 4.74 Å². The van der Waals surface area contributed by atoms with Gasteiger partial charge in [0.1, 0.15) is 5.75 Å². The van der Waals surface area contributed by atoms with E-state index in [1.807, 2.05) is 0 Å². The molecule has 0 aliphatic heterocycles. The van der Waals surface area contributed by atoms with Crippen LogP contribution >= 0.6 is 0 Å². The van der Waals surface area contributed by atoms with E-state index in [0.717, 1.165) is 6.07 Å². The quantitative estimate of drug-likeness (QED) is 0.562. The van der Waals surface area contributed by atoms with Crippen molar-refractivity contribution in [2.45, 2.75) is 0 Å². The monoisotopic (exact) mass is 208 g/mol. The Bertz CT molecular complexity index is 442. The highest BCUT2D eigenvalue weighted by atomic mass is 19.1. The van der Waals surface area contributed by atoms with Gasteiger partial charge in [-0.2, -0.15) is 18.7 Å². The third-order valence-corrected chi connectivity index (χ3v) is 1.61. The zero-order chi connectivity index (χ0) is 10.7. The maximum atomic E-state index is 12.7. The smallest absolute Gasteiger partial charge is 0.314 e. The highest BCUT2D eigenvalue weighted by molar-refractivity contribution is 5.25. The number of halogens is 2. The number of nitrogens with zero attached hydrogens (tertiary/aromatic N) is 2. The Morgan fingerprint density at radius 1 is 1.00 bits per heavy atom. The predicted octanol–water partition coefficient (Wildman–Crippen LogP) is 2.55. The highest BCUT2D eigenvalue weighted by Gasteiger charge is 2.04. The molecule has 0 unspecified atom stereocenters. The number of rotatable bonds is 2. The largest absolute Gasteiger partial charge is 0.439 e. The molecular weight excluding hydrogens is 202 g/mol. The van der Waals surface area contributed by atoms with E-state index in [2.05, 4.69) is 9.97 Å². The van der Waals surface area contributed by atoms with Crippen LogP contribution in [0, 0.1) is 12.0 Å². The first-order valence-electron chi connectivity index (χ1n) is 4.17. The molecule has 15 heavy (non-hydrogen) atoms. The molecule has 0 fully saturated rings. The van der Waals surface area contributed by atoms with E-state index in [9.17, 15) is 8.78 Å². The van der Waals surface area contributed by atoms with E-state index in [-0.39, 0.29) is 5.88 Å². The molecule has 0 aliphatic carbocycles. The van der Waals surface area contributed by atoms with Crippen molar-refractivity contribution in [2.24, 2.45) is 0 Å². The molecule has 1 heterocycles. The first-order chi connectivity index (χ1) is 7.24. The molecule has 0 saturated heterocycles. The lowest BCUT2D eigenvalue weighted by Crippen LogP contribution is -1.96. The van der Waals surface area contributed by atoms with Crippen molar-refractivity contribution in [2.75, 3.05) is 0 Å². The molecule has 2 aromatic rings. The van der Waals surface area contributed by atoms with Gasteiger partial charge in [-0.05, 0) is 12.1 Å². The maximum Gasteiger partial charge on any atom is 0.314 e. The van der Waals surface area contributed by atoms with Gasteiger partial charge in [-0.25, -0.2) is 0 Å². The van der Waals surface area contributed by atoms with Gasteiger partial charge in [0.25, 0.3) is 0 Å².